The van der Waals surface area contributed by atoms with Crippen LogP contribution in [0.3, 0.4) is 0 Å². The molecule has 27 heavy (non-hydrogen) atoms. The van der Waals surface area contributed by atoms with E-state index >= 15 is 0 Å². The number of hydrogen-bond donors (Lipinski definition) is 1. The van der Waals surface area contributed by atoms with Gasteiger partial charge >= 0.3 is 0 Å². The van der Waals surface area contributed by atoms with E-state index in [0.29, 0.717) is 17.7 Å². The van der Waals surface area contributed by atoms with Gasteiger partial charge in [-0.05, 0) is 31.8 Å². The van der Waals surface area contributed by atoms with Crippen LogP contribution in [0, 0.1) is 5.82 Å². The molecule has 0 aliphatic carbocycles. The summed E-state index contributed by atoms with van der Waals surface area (Å²) in [5.41, 5.74) is 0.866. The predicted octanol–water partition coefficient (Wildman–Crippen LogP) is 2.81. The minimum Gasteiger partial charge on any atom is -0.507 e. The van der Waals surface area contributed by atoms with Crippen LogP contribution in [0.4, 0.5) is 4.39 Å². The van der Waals surface area contributed by atoms with Crippen LogP contribution in [0.2, 0.25) is 0 Å². The first kappa shape index (κ1) is 18.8. The molecule has 2 aromatic carbocycles. The maximum absolute atomic E-state index is 13.8. The van der Waals surface area contributed by atoms with Crippen molar-refractivity contribution in [3.63, 3.8) is 0 Å². The molecule has 1 saturated heterocycles. The lowest BCUT2D eigenvalue weighted by atomic mass is 9.95. The number of likely N-dealkylation sites (N-methyl/N-ethyl adjacent to an activating group) is 1. The summed E-state index contributed by atoms with van der Waals surface area (Å²) in [5.74, 6) is -2.17. The summed E-state index contributed by atoms with van der Waals surface area (Å²) in [5, 5.41) is 10.8. The standard InChI is InChI=1S/C21H21FN2O3/c1-23(2)11-12-24-18(15-9-6-10-16(22)13-15)17(20(26)21(24)27)19(25)14-7-4-3-5-8-14/h3-10,13,18,25H,11-12H2,1-2H3/b19-17-. The third kappa shape index (κ3) is 3.75. The van der Waals surface area contributed by atoms with Crippen molar-refractivity contribution in [1.29, 1.82) is 0 Å². The highest BCUT2D eigenvalue weighted by atomic mass is 19.1. The van der Waals surface area contributed by atoms with Crippen molar-refractivity contribution in [1.82, 2.24) is 9.80 Å². The van der Waals surface area contributed by atoms with Gasteiger partial charge in [-0.2, -0.15) is 0 Å². The minimum absolute atomic E-state index is 0.0180. The number of carbonyl (C=O) groups is 2. The average molecular weight is 368 g/mol. The van der Waals surface area contributed by atoms with Gasteiger partial charge in [0.2, 0.25) is 0 Å². The molecule has 0 spiro atoms. The quantitative estimate of drug-likeness (QED) is 0.501. The molecule has 2 aromatic rings. The van der Waals surface area contributed by atoms with Crippen molar-refractivity contribution in [3.05, 3.63) is 77.1 Å². The number of hydrogen-bond acceptors (Lipinski definition) is 4. The molecule has 1 heterocycles. The molecule has 0 aromatic heterocycles. The smallest absolute Gasteiger partial charge is 0.295 e. The first-order valence-corrected chi connectivity index (χ1v) is 8.64. The molecule has 140 valence electrons. The van der Waals surface area contributed by atoms with Gasteiger partial charge in [-0.25, -0.2) is 4.39 Å². The lowest BCUT2D eigenvalue weighted by molar-refractivity contribution is -0.140. The summed E-state index contributed by atoms with van der Waals surface area (Å²) < 4.78 is 13.8. The number of Topliss-reactive ketones (excluding diaryl/α,β-unsaturated/α-hetero) is 1. The van der Waals surface area contributed by atoms with E-state index in [4.69, 9.17) is 0 Å². The second-order valence-corrected chi connectivity index (χ2v) is 6.72. The van der Waals surface area contributed by atoms with Gasteiger partial charge in [0.15, 0.2) is 0 Å². The number of likely N-dealkylation sites (tertiary alicyclic amines) is 1. The number of nitrogens with zero attached hydrogens (tertiary/aromatic N) is 2. The SMILES string of the molecule is CN(C)CCN1C(=O)C(=O)/C(=C(\O)c2ccccc2)C1c1cccc(F)c1. The van der Waals surface area contributed by atoms with Crippen LogP contribution in [0.1, 0.15) is 17.2 Å². The summed E-state index contributed by atoms with van der Waals surface area (Å²) in [7, 11) is 3.72. The van der Waals surface area contributed by atoms with Crippen LogP contribution >= 0.6 is 0 Å². The maximum atomic E-state index is 13.8. The Kier molecular flexibility index (Phi) is 5.37. The van der Waals surface area contributed by atoms with Crippen molar-refractivity contribution in [2.45, 2.75) is 6.04 Å². The van der Waals surface area contributed by atoms with E-state index in [1.165, 1.54) is 23.1 Å². The van der Waals surface area contributed by atoms with Gasteiger partial charge in [0.25, 0.3) is 11.7 Å². The van der Waals surface area contributed by atoms with Crippen molar-refractivity contribution >= 4 is 17.4 Å². The Morgan fingerprint density at radius 2 is 1.81 bits per heavy atom. The van der Waals surface area contributed by atoms with E-state index < -0.39 is 23.5 Å². The van der Waals surface area contributed by atoms with Gasteiger partial charge < -0.3 is 14.9 Å². The van der Waals surface area contributed by atoms with Crippen molar-refractivity contribution in [3.8, 4) is 0 Å². The monoisotopic (exact) mass is 368 g/mol. The van der Waals surface area contributed by atoms with Crippen LogP contribution in [0.15, 0.2) is 60.2 Å². The van der Waals surface area contributed by atoms with E-state index in [1.54, 1.807) is 36.4 Å². The van der Waals surface area contributed by atoms with E-state index in [0.717, 1.165) is 0 Å². The van der Waals surface area contributed by atoms with E-state index in [1.807, 2.05) is 19.0 Å². The number of ketones is 1. The third-order valence-electron chi connectivity index (χ3n) is 4.54. The molecule has 3 rings (SSSR count). The van der Waals surface area contributed by atoms with Gasteiger partial charge in [-0.1, -0.05) is 42.5 Å². The highest BCUT2D eigenvalue weighted by molar-refractivity contribution is 6.46. The Morgan fingerprint density at radius 1 is 1.11 bits per heavy atom. The van der Waals surface area contributed by atoms with E-state index in [9.17, 15) is 19.1 Å². The summed E-state index contributed by atoms with van der Waals surface area (Å²) in [4.78, 5) is 28.7. The number of aliphatic hydroxyl groups is 1. The number of amides is 1. The molecule has 1 fully saturated rings. The number of benzene rings is 2. The largest absolute Gasteiger partial charge is 0.507 e. The molecule has 0 saturated carbocycles. The number of aliphatic hydroxyl groups excluding tert-OH is 1. The molecule has 0 radical (unpaired) electrons. The Morgan fingerprint density at radius 3 is 2.44 bits per heavy atom. The number of carbonyl (C=O) groups excluding carboxylic acids is 2. The fourth-order valence-corrected chi connectivity index (χ4v) is 3.19. The molecule has 5 nitrogen and oxygen atoms in total. The molecule has 0 bridgehead atoms. The first-order valence-electron chi connectivity index (χ1n) is 8.64. The van der Waals surface area contributed by atoms with Crippen LogP contribution < -0.4 is 0 Å². The predicted molar refractivity (Wildman–Crippen MR) is 100 cm³/mol. The van der Waals surface area contributed by atoms with Gasteiger partial charge in [0.05, 0.1) is 11.6 Å². The fraction of sp³-hybridized carbons (Fsp3) is 0.238. The van der Waals surface area contributed by atoms with Gasteiger partial charge in [0.1, 0.15) is 11.6 Å². The Balaban J connectivity index is 2.15. The molecule has 1 unspecified atom stereocenters. The van der Waals surface area contributed by atoms with Crippen LogP contribution in [0.5, 0.6) is 0 Å². The normalized spacial score (nSPS) is 19.1. The zero-order chi connectivity index (χ0) is 19.6. The Labute approximate surface area is 157 Å². The molecule has 1 N–H and O–H groups in total. The Bertz CT molecular complexity index is 893. The summed E-state index contributed by atoms with van der Waals surface area (Å²) >= 11 is 0. The third-order valence-corrected chi connectivity index (χ3v) is 4.54. The first-order chi connectivity index (χ1) is 12.9. The average Bonchev–Trinajstić information content (AvgIpc) is 2.91. The topological polar surface area (TPSA) is 60.9 Å². The van der Waals surface area contributed by atoms with Gasteiger partial charge in [0, 0.05) is 18.7 Å². The lowest BCUT2D eigenvalue weighted by Gasteiger charge is -2.26. The Hall–Kier alpha value is -2.99. The zero-order valence-corrected chi connectivity index (χ0v) is 15.2. The lowest BCUT2D eigenvalue weighted by Crippen LogP contribution is -2.35. The van der Waals surface area contributed by atoms with Crippen LogP contribution in [0.25, 0.3) is 5.76 Å². The number of rotatable bonds is 5. The van der Waals surface area contributed by atoms with Crippen molar-refractivity contribution < 1.29 is 19.1 Å². The number of halogens is 1. The fourth-order valence-electron chi connectivity index (χ4n) is 3.19. The van der Waals surface area contributed by atoms with Crippen molar-refractivity contribution in [2.24, 2.45) is 0 Å². The summed E-state index contributed by atoms with van der Waals surface area (Å²) in [6.07, 6.45) is 0. The molecular weight excluding hydrogens is 347 g/mol. The molecule has 1 aliphatic heterocycles. The second kappa shape index (κ2) is 7.72. The maximum Gasteiger partial charge on any atom is 0.295 e. The summed E-state index contributed by atoms with van der Waals surface area (Å²) in [6, 6.07) is 13.5. The molecule has 1 atom stereocenters. The second-order valence-electron chi connectivity index (χ2n) is 6.72. The van der Waals surface area contributed by atoms with E-state index in [-0.39, 0.29) is 17.9 Å². The zero-order valence-electron chi connectivity index (χ0n) is 15.2. The van der Waals surface area contributed by atoms with Gasteiger partial charge in [-0.3, -0.25) is 9.59 Å². The van der Waals surface area contributed by atoms with Gasteiger partial charge in [-0.15, -0.1) is 0 Å². The molecule has 6 heteroatoms. The highest BCUT2D eigenvalue weighted by Gasteiger charge is 2.45. The molecule has 1 amide bonds. The molecular formula is C21H21FN2O3. The van der Waals surface area contributed by atoms with E-state index in [2.05, 4.69) is 0 Å². The minimum atomic E-state index is -0.833. The van der Waals surface area contributed by atoms with Crippen LogP contribution in [-0.2, 0) is 9.59 Å². The van der Waals surface area contributed by atoms with Crippen molar-refractivity contribution in [2.75, 3.05) is 27.2 Å². The summed E-state index contributed by atoms with van der Waals surface area (Å²) in [6.45, 7) is 0.814. The highest BCUT2D eigenvalue weighted by Crippen LogP contribution is 2.39. The van der Waals surface area contributed by atoms with Crippen LogP contribution in [-0.4, -0.2) is 53.8 Å². The molecule has 1 aliphatic rings.